The van der Waals surface area contributed by atoms with Gasteiger partial charge in [-0.3, -0.25) is 9.59 Å². The van der Waals surface area contributed by atoms with Crippen molar-refractivity contribution in [3.05, 3.63) is 89.1 Å². The molecule has 0 unspecified atom stereocenters. The Hall–Kier alpha value is -4.92. The molecule has 1 aromatic heterocycles. The van der Waals surface area contributed by atoms with Gasteiger partial charge in [0.15, 0.2) is 17.2 Å². The maximum Gasteiger partial charge on any atom is 0.311 e. The van der Waals surface area contributed by atoms with Crippen molar-refractivity contribution in [3.63, 3.8) is 0 Å². The fraction of sp³-hybridized carbons (Fsp3) is 0.0769. The summed E-state index contributed by atoms with van der Waals surface area (Å²) < 4.78 is 10.7. The molecular formula is C26H20N4O5. The third kappa shape index (κ3) is 4.60. The lowest BCUT2D eigenvalue weighted by atomic mass is 10.1. The van der Waals surface area contributed by atoms with Crippen molar-refractivity contribution in [3.8, 4) is 17.4 Å². The average Bonchev–Trinajstić information content (AvgIpc) is 3.45. The molecule has 0 saturated heterocycles. The van der Waals surface area contributed by atoms with Gasteiger partial charge in [0.1, 0.15) is 5.70 Å². The Labute approximate surface area is 199 Å². The maximum absolute atomic E-state index is 13.1. The van der Waals surface area contributed by atoms with E-state index >= 15 is 0 Å². The summed E-state index contributed by atoms with van der Waals surface area (Å²) in [6.45, 7) is 2.02. The number of hydrogen-bond acceptors (Lipinski definition) is 6. The lowest BCUT2D eigenvalue weighted by Crippen LogP contribution is -2.26. The van der Waals surface area contributed by atoms with Crippen molar-refractivity contribution in [1.82, 2.24) is 10.3 Å². The molecule has 0 fully saturated rings. The molecule has 3 N–H and O–H groups in total. The van der Waals surface area contributed by atoms with Gasteiger partial charge in [0.25, 0.3) is 5.91 Å². The number of aromatic nitrogens is 1. The van der Waals surface area contributed by atoms with Crippen LogP contribution in [0.25, 0.3) is 17.0 Å². The van der Waals surface area contributed by atoms with Crippen molar-refractivity contribution in [2.45, 2.75) is 6.92 Å². The molecule has 174 valence electrons. The van der Waals surface area contributed by atoms with Crippen LogP contribution in [-0.2, 0) is 4.79 Å². The van der Waals surface area contributed by atoms with Crippen LogP contribution in [0.3, 0.4) is 0 Å². The highest BCUT2D eigenvalue weighted by molar-refractivity contribution is 6.05. The largest absolute Gasteiger partial charge is 0.493 e. The number of aromatic amines is 1. The number of ether oxygens (including phenoxy) is 2. The summed E-state index contributed by atoms with van der Waals surface area (Å²) >= 11 is 0. The molecule has 35 heavy (non-hydrogen) atoms. The minimum atomic E-state index is -0.798. The van der Waals surface area contributed by atoms with Gasteiger partial charge >= 0.3 is 5.91 Å². The van der Waals surface area contributed by atoms with Gasteiger partial charge in [-0.25, -0.2) is 0 Å². The molecule has 2 heterocycles. The summed E-state index contributed by atoms with van der Waals surface area (Å²) in [6, 6.07) is 19.1. The Morgan fingerprint density at radius 3 is 2.66 bits per heavy atom. The third-order valence-electron chi connectivity index (χ3n) is 5.37. The molecule has 0 spiro atoms. The van der Waals surface area contributed by atoms with Gasteiger partial charge < -0.3 is 24.9 Å². The quantitative estimate of drug-likeness (QED) is 0.281. The SMILES string of the molecule is Cc1ccc2[nH]c(O)c(N=NC(=O)/C(=C/c3ccc4c(c3)OCO4)NC(=O)c3ccccc3)c2c1. The average molecular weight is 468 g/mol. The second-order valence-electron chi connectivity index (χ2n) is 7.87. The number of H-pyrrole nitrogens is 1. The number of nitrogens with one attached hydrogen (secondary N) is 2. The Morgan fingerprint density at radius 2 is 1.83 bits per heavy atom. The number of nitrogens with zero attached hydrogens (tertiary/aromatic N) is 2. The molecule has 4 aromatic rings. The Balaban J connectivity index is 1.48. The van der Waals surface area contributed by atoms with E-state index in [4.69, 9.17) is 9.47 Å². The molecular weight excluding hydrogens is 448 g/mol. The number of amides is 2. The monoisotopic (exact) mass is 468 g/mol. The molecule has 0 atom stereocenters. The fourth-order valence-corrected chi connectivity index (χ4v) is 3.63. The number of fused-ring (bicyclic) bond motifs is 2. The zero-order chi connectivity index (χ0) is 24.4. The van der Waals surface area contributed by atoms with E-state index in [0.29, 0.717) is 33.5 Å². The molecule has 0 radical (unpaired) electrons. The first-order chi connectivity index (χ1) is 17.0. The predicted octanol–water partition coefficient (Wildman–Crippen LogP) is 4.99. The predicted molar refractivity (Wildman–Crippen MR) is 129 cm³/mol. The number of benzene rings is 3. The highest BCUT2D eigenvalue weighted by Gasteiger charge is 2.18. The normalized spacial score (nSPS) is 12.9. The smallest absolute Gasteiger partial charge is 0.311 e. The van der Waals surface area contributed by atoms with Crippen LogP contribution in [-0.4, -0.2) is 28.7 Å². The number of hydrogen-bond donors (Lipinski definition) is 3. The van der Waals surface area contributed by atoms with E-state index in [1.165, 1.54) is 6.08 Å². The molecule has 0 aliphatic carbocycles. The first-order valence-corrected chi connectivity index (χ1v) is 10.7. The number of aryl methyl sites for hydroxylation is 1. The molecule has 9 nitrogen and oxygen atoms in total. The minimum absolute atomic E-state index is 0.100. The van der Waals surface area contributed by atoms with E-state index in [-0.39, 0.29) is 24.1 Å². The molecule has 1 aliphatic rings. The van der Waals surface area contributed by atoms with E-state index in [9.17, 15) is 14.7 Å². The Kier molecular flexibility index (Phi) is 5.72. The summed E-state index contributed by atoms with van der Waals surface area (Å²) in [4.78, 5) is 28.6. The van der Waals surface area contributed by atoms with Crippen molar-refractivity contribution < 1.29 is 24.2 Å². The fourth-order valence-electron chi connectivity index (χ4n) is 3.63. The van der Waals surface area contributed by atoms with Crippen LogP contribution in [0.4, 0.5) is 5.69 Å². The van der Waals surface area contributed by atoms with Gasteiger partial charge in [-0.15, -0.1) is 10.2 Å². The van der Waals surface area contributed by atoms with E-state index in [2.05, 4.69) is 20.5 Å². The highest BCUT2D eigenvalue weighted by atomic mass is 16.7. The van der Waals surface area contributed by atoms with Gasteiger partial charge in [0.2, 0.25) is 12.7 Å². The van der Waals surface area contributed by atoms with Crippen LogP contribution in [0, 0.1) is 6.92 Å². The summed E-state index contributed by atoms with van der Waals surface area (Å²) in [6.07, 6.45) is 1.48. The van der Waals surface area contributed by atoms with Crippen LogP contribution in [0.5, 0.6) is 17.4 Å². The summed E-state index contributed by atoms with van der Waals surface area (Å²) in [5.74, 6) is -0.370. The zero-order valence-electron chi connectivity index (χ0n) is 18.6. The summed E-state index contributed by atoms with van der Waals surface area (Å²) in [7, 11) is 0. The van der Waals surface area contributed by atoms with Crippen molar-refractivity contribution >= 4 is 34.5 Å². The van der Waals surface area contributed by atoms with E-state index in [0.717, 1.165) is 5.56 Å². The Morgan fingerprint density at radius 1 is 1.03 bits per heavy atom. The standard InChI is InChI=1S/C26H20N4O5/c1-15-7-9-19-18(11-15)23(26(33)27-19)29-30-25(32)20(28-24(31)17-5-3-2-4-6-17)12-16-8-10-21-22(13-16)35-14-34-21/h2-13,27,33H,14H2,1H3,(H,28,31)/b20-12-,30-29?. The van der Waals surface area contributed by atoms with Crippen LogP contribution in [0.1, 0.15) is 21.5 Å². The van der Waals surface area contributed by atoms with Crippen LogP contribution in [0.2, 0.25) is 0 Å². The minimum Gasteiger partial charge on any atom is -0.493 e. The number of carbonyl (C=O) groups excluding carboxylic acids is 2. The van der Waals surface area contributed by atoms with Gasteiger partial charge in [0, 0.05) is 10.9 Å². The molecule has 3 aromatic carbocycles. The van der Waals surface area contributed by atoms with Crippen LogP contribution < -0.4 is 14.8 Å². The summed E-state index contributed by atoms with van der Waals surface area (Å²) in [5, 5.41) is 21.3. The lowest BCUT2D eigenvalue weighted by molar-refractivity contribution is -0.115. The number of azo groups is 1. The first kappa shape index (κ1) is 21.9. The second kappa shape index (κ2) is 9.14. The Bertz CT molecular complexity index is 1510. The van der Waals surface area contributed by atoms with Gasteiger partial charge in [-0.2, -0.15) is 0 Å². The molecule has 9 heteroatoms. The van der Waals surface area contributed by atoms with Crippen LogP contribution in [0.15, 0.2) is 82.7 Å². The lowest BCUT2D eigenvalue weighted by Gasteiger charge is -2.07. The topological polar surface area (TPSA) is 125 Å². The molecule has 5 rings (SSSR count). The number of aromatic hydroxyl groups is 1. The highest BCUT2D eigenvalue weighted by Crippen LogP contribution is 2.36. The maximum atomic E-state index is 13.1. The number of carbonyl (C=O) groups is 2. The van der Waals surface area contributed by atoms with Gasteiger partial charge in [-0.05, 0) is 55.0 Å². The van der Waals surface area contributed by atoms with E-state index in [1.807, 2.05) is 19.1 Å². The zero-order valence-corrected chi connectivity index (χ0v) is 18.6. The van der Waals surface area contributed by atoms with Crippen molar-refractivity contribution in [2.24, 2.45) is 10.2 Å². The van der Waals surface area contributed by atoms with Crippen LogP contribution >= 0.6 is 0 Å². The van der Waals surface area contributed by atoms with Crippen molar-refractivity contribution in [2.75, 3.05) is 6.79 Å². The molecule has 0 bridgehead atoms. The van der Waals surface area contributed by atoms with Crippen molar-refractivity contribution in [1.29, 1.82) is 0 Å². The van der Waals surface area contributed by atoms with Gasteiger partial charge in [0.05, 0.1) is 5.52 Å². The second-order valence-corrected chi connectivity index (χ2v) is 7.87. The van der Waals surface area contributed by atoms with Gasteiger partial charge in [-0.1, -0.05) is 35.9 Å². The first-order valence-electron chi connectivity index (χ1n) is 10.7. The molecule has 2 amide bonds. The van der Waals surface area contributed by atoms with E-state index < -0.39 is 11.8 Å². The third-order valence-corrected chi connectivity index (χ3v) is 5.37. The number of rotatable bonds is 5. The summed E-state index contributed by atoms with van der Waals surface area (Å²) in [5.41, 5.74) is 2.61. The van der Waals surface area contributed by atoms with E-state index in [1.54, 1.807) is 54.6 Å². The molecule has 1 aliphatic heterocycles. The molecule has 0 saturated carbocycles.